The van der Waals surface area contributed by atoms with Crippen LogP contribution in [0.15, 0.2) is 30.9 Å². The smallest absolute Gasteiger partial charge is 0.120 e. The fourth-order valence-corrected chi connectivity index (χ4v) is 2.34. The highest BCUT2D eigenvalue weighted by atomic mass is 16.3. The third-order valence-corrected chi connectivity index (χ3v) is 3.27. The van der Waals surface area contributed by atoms with E-state index in [0.717, 1.165) is 37.3 Å². The number of aryl methyl sites for hydroxylation is 1. The van der Waals surface area contributed by atoms with Gasteiger partial charge in [-0.3, -0.25) is 4.90 Å². The van der Waals surface area contributed by atoms with Gasteiger partial charge in [-0.2, -0.15) is 0 Å². The van der Waals surface area contributed by atoms with Crippen molar-refractivity contribution < 1.29 is 5.11 Å². The SMILES string of the molecule is C=C[C@H](c1ccc(C)cc1O)N1CCNCC1. The average molecular weight is 232 g/mol. The maximum absolute atomic E-state index is 10.0. The lowest BCUT2D eigenvalue weighted by molar-refractivity contribution is 0.201. The molecule has 92 valence electrons. The van der Waals surface area contributed by atoms with Crippen LogP contribution in [-0.4, -0.2) is 36.2 Å². The lowest BCUT2D eigenvalue weighted by Gasteiger charge is -2.33. The molecule has 0 aromatic heterocycles. The van der Waals surface area contributed by atoms with Crippen LogP contribution < -0.4 is 5.32 Å². The molecule has 0 saturated carbocycles. The summed E-state index contributed by atoms with van der Waals surface area (Å²) in [7, 11) is 0. The molecule has 0 bridgehead atoms. The second-order valence-electron chi connectivity index (χ2n) is 4.53. The van der Waals surface area contributed by atoms with E-state index in [2.05, 4.69) is 16.8 Å². The summed E-state index contributed by atoms with van der Waals surface area (Å²) in [6.45, 7) is 9.86. The number of nitrogens with one attached hydrogen (secondary N) is 1. The van der Waals surface area contributed by atoms with E-state index in [4.69, 9.17) is 0 Å². The van der Waals surface area contributed by atoms with Crippen molar-refractivity contribution in [2.75, 3.05) is 26.2 Å². The van der Waals surface area contributed by atoms with Crippen molar-refractivity contribution in [1.29, 1.82) is 0 Å². The van der Waals surface area contributed by atoms with Crippen LogP contribution >= 0.6 is 0 Å². The van der Waals surface area contributed by atoms with Gasteiger partial charge in [-0.1, -0.05) is 18.2 Å². The quantitative estimate of drug-likeness (QED) is 0.781. The van der Waals surface area contributed by atoms with Gasteiger partial charge in [0.2, 0.25) is 0 Å². The molecule has 3 nitrogen and oxygen atoms in total. The molecule has 1 fully saturated rings. The predicted molar refractivity (Wildman–Crippen MR) is 70.2 cm³/mol. The van der Waals surface area contributed by atoms with Crippen LogP contribution in [0.3, 0.4) is 0 Å². The van der Waals surface area contributed by atoms with Gasteiger partial charge >= 0.3 is 0 Å². The molecule has 2 rings (SSSR count). The number of phenolic OH excluding ortho intramolecular Hbond substituents is 1. The fraction of sp³-hybridized carbons (Fsp3) is 0.429. The normalized spacial score (nSPS) is 18.9. The first-order valence-corrected chi connectivity index (χ1v) is 6.09. The van der Waals surface area contributed by atoms with E-state index in [0.29, 0.717) is 5.75 Å². The van der Waals surface area contributed by atoms with Crippen molar-refractivity contribution in [3.05, 3.63) is 42.0 Å². The van der Waals surface area contributed by atoms with Gasteiger partial charge in [0.15, 0.2) is 0 Å². The second-order valence-corrected chi connectivity index (χ2v) is 4.53. The molecular weight excluding hydrogens is 212 g/mol. The Morgan fingerprint density at radius 3 is 2.71 bits per heavy atom. The van der Waals surface area contributed by atoms with E-state index < -0.39 is 0 Å². The van der Waals surface area contributed by atoms with Gasteiger partial charge < -0.3 is 10.4 Å². The molecule has 0 radical (unpaired) electrons. The molecule has 1 aliphatic rings. The lowest BCUT2D eigenvalue weighted by Crippen LogP contribution is -2.44. The summed E-state index contributed by atoms with van der Waals surface area (Å²) < 4.78 is 0. The Bertz CT molecular complexity index is 397. The zero-order chi connectivity index (χ0) is 12.3. The fourth-order valence-electron chi connectivity index (χ4n) is 2.34. The number of phenols is 1. The molecule has 0 aliphatic carbocycles. The lowest BCUT2D eigenvalue weighted by atomic mass is 10.0. The zero-order valence-corrected chi connectivity index (χ0v) is 10.3. The van der Waals surface area contributed by atoms with E-state index >= 15 is 0 Å². The Balaban J connectivity index is 2.24. The van der Waals surface area contributed by atoms with Crippen LogP contribution in [0.4, 0.5) is 0 Å². The van der Waals surface area contributed by atoms with Gasteiger partial charge in [-0.05, 0) is 18.6 Å². The van der Waals surface area contributed by atoms with Crippen LogP contribution in [0.5, 0.6) is 5.75 Å². The standard InChI is InChI=1S/C14H20N2O/c1-3-13(16-8-6-15-7-9-16)12-5-4-11(2)10-14(12)17/h3-5,10,13,15,17H,1,6-9H2,2H3/t13-/m1/s1. The van der Waals surface area contributed by atoms with E-state index in [1.54, 1.807) is 0 Å². The Hall–Kier alpha value is -1.32. The Labute approximate surface area is 103 Å². The molecule has 1 atom stereocenters. The largest absolute Gasteiger partial charge is 0.508 e. The molecule has 1 aromatic rings. The van der Waals surface area contributed by atoms with E-state index in [9.17, 15) is 5.11 Å². The summed E-state index contributed by atoms with van der Waals surface area (Å²) in [5.41, 5.74) is 2.03. The van der Waals surface area contributed by atoms with Crippen LogP contribution in [0.25, 0.3) is 0 Å². The summed E-state index contributed by atoms with van der Waals surface area (Å²) in [6, 6.07) is 5.96. The monoisotopic (exact) mass is 232 g/mol. The summed E-state index contributed by atoms with van der Waals surface area (Å²) in [5.74, 6) is 0.369. The number of rotatable bonds is 3. The minimum absolute atomic E-state index is 0.109. The van der Waals surface area contributed by atoms with Gasteiger partial charge in [-0.25, -0.2) is 0 Å². The van der Waals surface area contributed by atoms with Gasteiger partial charge in [-0.15, -0.1) is 6.58 Å². The molecule has 1 saturated heterocycles. The first-order valence-electron chi connectivity index (χ1n) is 6.09. The van der Waals surface area contributed by atoms with Gasteiger partial charge in [0.1, 0.15) is 5.75 Å². The molecule has 1 aliphatic heterocycles. The average Bonchev–Trinajstić information content (AvgIpc) is 2.34. The van der Waals surface area contributed by atoms with E-state index in [1.807, 2.05) is 31.2 Å². The maximum Gasteiger partial charge on any atom is 0.120 e. The highest BCUT2D eigenvalue weighted by molar-refractivity contribution is 5.39. The topological polar surface area (TPSA) is 35.5 Å². The van der Waals surface area contributed by atoms with Crippen LogP contribution in [0.2, 0.25) is 0 Å². The Kier molecular flexibility index (Phi) is 3.82. The zero-order valence-electron chi connectivity index (χ0n) is 10.3. The Morgan fingerprint density at radius 2 is 2.12 bits per heavy atom. The highest BCUT2D eigenvalue weighted by Crippen LogP contribution is 2.30. The number of hydrogen-bond acceptors (Lipinski definition) is 3. The molecule has 2 N–H and O–H groups in total. The molecule has 0 spiro atoms. The highest BCUT2D eigenvalue weighted by Gasteiger charge is 2.21. The first-order chi connectivity index (χ1) is 8.22. The van der Waals surface area contributed by atoms with Crippen molar-refractivity contribution >= 4 is 0 Å². The minimum Gasteiger partial charge on any atom is -0.508 e. The summed E-state index contributed by atoms with van der Waals surface area (Å²) in [6.07, 6.45) is 1.91. The van der Waals surface area contributed by atoms with Crippen molar-refractivity contribution in [1.82, 2.24) is 10.2 Å². The van der Waals surface area contributed by atoms with E-state index in [1.165, 1.54) is 0 Å². The van der Waals surface area contributed by atoms with Crippen molar-refractivity contribution in [2.45, 2.75) is 13.0 Å². The van der Waals surface area contributed by atoms with Gasteiger partial charge in [0.25, 0.3) is 0 Å². The third kappa shape index (κ3) is 2.68. The summed E-state index contributed by atoms with van der Waals surface area (Å²) in [5, 5.41) is 13.4. The number of piperazine rings is 1. The van der Waals surface area contributed by atoms with Crippen molar-refractivity contribution in [2.24, 2.45) is 0 Å². The molecule has 0 amide bonds. The van der Waals surface area contributed by atoms with Crippen LogP contribution in [0.1, 0.15) is 17.2 Å². The predicted octanol–water partition coefficient (Wildman–Crippen LogP) is 1.83. The summed E-state index contributed by atoms with van der Waals surface area (Å²) >= 11 is 0. The molecule has 17 heavy (non-hydrogen) atoms. The number of nitrogens with zero attached hydrogens (tertiary/aromatic N) is 1. The van der Waals surface area contributed by atoms with E-state index in [-0.39, 0.29) is 6.04 Å². The minimum atomic E-state index is 0.109. The molecule has 1 heterocycles. The third-order valence-electron chi connectivity index (χ3n) is 3.27. The van der Waals surface area contributed by atoms with Gasteiger partial charge in [0, 0.05) is 31.7 Å². The molecular formula is C14H20N2O. The maximum atomic E-state index is 10.0. The van der Waals surface area contributed by atoms with Crippen LogP contribution in [-0.2, 0) is 0 Å². The van der Waals surface area contributed by atoms with Crippen molar-refractivity contribution in [3.8, 4) is 5.75 Å². The second kappa shape index (κ2) is 5.34. The molecule has 3 heteroatoms. The first kappa shape index (κ1) is 12.1. The number of benzene rings is 1. The number of aromatic hydroxyl groups is 1. The van der Waals surface area contributed by atoms with Crippen LogP contribution in [0, 0.1) is 6.92 Å². The van der Waals surface area contributed by atoms with Gasteiger partial charge in [0.05, 0.1) is 6.04 Å². The summed E-state index contributed by atoms with van der Waals surface area (Å²) in [4.78, 5) is 2.34. The molecule has 1 aromatic carbocycles. The molecule has 0 unspecified atom stereocenters. The Morgan fingerprint density at radius 1 is 1.41 bits per heavy atom. The van der Waals surface area contributed by atoms with Crippen molar-refractivity contribution in [3.63, 3.8) is 0 Å². The number of hydrogen-bond donors (Lipinski definition) is 2.